The third kappa shape index (κ3) is 7.69. The van der Waals surface area contributed by atoms with Crippen molar-refractivity contribution in [3.8, 4) is 11.5 Å². The number of benzene rings is 4. The van der Waals surface area contributed by atoms with Crippen LogP contribution in [-0.4, -0.2) is 59.0 Å². The SMILES string of the molecule is CNC(=O)C(Cc1ccccc1)N(Cc1cccc(Cl)c1)C(=O)CN(c1ccccc1OC)S(=O)(=O)c1ccc(OC)cc1. The van der Waals surface area contributed by atoms with Gasteiger partial charge in [0.2, 0.25) is 11.8 Å². The summed E-state index contributed by atoms with van der Waals surface area (Å²) < 4.78 is 40.0. The first kappa shape index (κ1) is 32.4. The molecule has 0 saturated carbocycles. The largest absolute Gasteiger partial charge is 0.497 e. The number of amides is 2. The lowest BCUT2D eigenvalue weighted by molar-refractivity contribution is -0.139. The van der Waals surface area contributed by atoms with E-state index in [0.717, 1.165) is 9.87 Å². The zero-order valence-corrected chi connectivity index (χ0v) is 26.2. The maximum Gasteiger partial charge on any atom is 0.264 e. The molecule has 44 heavy (non-hydrogen) atoms. The molecule has 1 atom stereocenters. The Morgan fingerprint density at radius 1 is 0.841 bits per heavy atom. The first-order valence-corrected chi connectivity index (χ1v) is 15.6. The second-order valence-electron chi connectivity index (χ2n) is 9.83. The molecule has 0 saturated heterocycles. The van der Waals surface area contributed by atoms with Gasteiger partial charge in [0.15, 0.2) is 0 Å². The van der Waals surface area contributed by atoms with Crippen LogP contribution >= 0.6 is 11.6 Å². The fourth-order valence-corrected chi connectivity index (χ4v) is 6.41. The summed E-state index contributed by atoms with van der Waals surface area (Å²) in [5.74, 6) is -0.264. The highest BCUT2D eigenvalue weighted by molar-refractivity contribution is 7.92. The molecule has 0 aliphatic heterocycles. The van der Waals surface area contributed by atoms with E-state index in [0.29, 0.717) is 16.3 Å². The zero-order valence-electron chi connectivity index (χ0n) is 24.6. The number of methoxy groups -OCH3 is 2. The van der Waals surface area contributed by atoms with E-state index in [2.05, 4.69) is 5.32 Å². The van der Waals surface area contributed by atoms with Gasteiger partial charge in [-0.25, -0.2) is 8.42 Å². The van der Waals surface area contributed by atoms with Gasteiger partial charge in [-0.2, -0.15) is 0 Å². The summed E-state index contributed by atoms with van der Waals surface area (Å²) in [6.45, 7) is -0.607. The Balaban J connectivity index is 1.81. The van der Waals surface area contributed by atoms with Crippen LogP contribution in [0, 0.1) is 0 Å². The monoisotopic (exact) mass is 635 g/mol. The van der Waals surface area contributed by atoms with E-state index in [1.165, 1.54) is 50.4 Å². The lowest BCUT2D eigenvalue weighted by Crippen LogP contribution is -2.53. The molecule has 2 amide bonds. The van der Waals surface area contributed by atoms with E-state index in [9.17, 15) is 18.0 Å². The molecule has 0 aliphatic rings. The van der Waals surface area contributed by atoms with Gasteiger partial charge in [0.1, 0.15) is 24.1 Å². The minimum absolute atomic E-state index is 0.00661. The van der Waals surface area contributed by atoms with Crippen LogP contribution in [0.2, 0.25) is 5.02 Å². The van der Waals surface area contributed by atoms with Gasteiger partial charge in [0.25, 0.3) is 10.0 Å². The average Bonchev–Trinajstić information content (AvgIpc) is 3.05. The van der Waals surface area contributed by atoms with Crippen molar-refractivity contribution in [1.82, 2.24) is 10.2 Å². The highest BCUT2D eigenvalue weighted by Crippen LogP contribution is 2.33. The van der Waals surface area contributed by atoms with E-state index in [1.807, 2.05) is 30.3 Å². The first-order valence-electron chi connectivity index (χ1n) is 13.8. The van der Waals surface area contributed by atoms with Gasteiger partial charge in [0, 0.05) is 25.0 Å². The number of carbonyl (C=O) groups is 2. The van der Waals surface area contributed by atoms with Crippen molar-refractivity contribution < 1.29 is 27.5 Å². The highest BCUT2D eigenvalue weighted by Gasteiger charge is 2.35. The number of halogens is 1. The molecule has 0 radical (unpaired) electrons. The molecule has 4 aromatic carbocycles. The van der Waals surface area contributed by atoms with Crippen molar-refractivity contribution in [2.45, 2.75) is 23.9 Å². The number of anilines is 1. The molecule has 4 aromatic rings. The smallest absolute Gasteiger partial charge is 0.264 e. The Morgan fingerprint density at radius 2 is 1.50 bits per heavy atom. The second kappa shape index (κ2) is 14.8. The maximum absolute atomic E-state index is 14.4. The highest BCUT2D eigenvalue weighted by atomic mass is 35.5. The molecule has 9 nitrogen and oxygen atoms in total. The van der Waals surface area contributed by atoms with Crippen LogP contribution < -0.4 is 19.1 Å². The first-order chi connectivity index (χ1) is 21.2. The fraction of sp³-hybridized carbons (Fsp3) is 0.212. The molecule has 1 unspecified atom stereocenters. The van der Waals surface area contributed by atoms with Crippen molar-refractivity contribution >= 4 is 39.1 Å². The molecule has 0 spiro atoms. The molecule has 4 rings (SSSR count). The number of hydrogen-bond acceptors (Lipinski definition) is 6. The third-order valence-corrected chi connectivity index (χ3v) is 9.05. The van der Waals surface area contributed by atoms with E-state index in [1.54, 1.807) is 48.5 Å². The van der Waals surface area contributed by atoms with Crippen LogP contribution in [0.25, 0.3) is 0 Å². The molecule has 0 heterocycles. The predicted octanol–water partition coefficient (Wildman–Crippen LogP) is 4.94. The van der Waals surface area contributed by atoms with Crippen LogP contribution in [0.1, 0.15) is 11.1 Å². The lowest BCUT2D eigenvalue weighted by Gasteiger charge is -2.34. The van der Waals surface area contributed by atoms with Crippen molar-refractivity contribution in [2.24, 2.45) is 0 Å². The lowest BCUT2D eigenvalue weighted by atomic mass is 10.0. The second-order valence-corrected chi connectivity index (χ2v) is 12.1. The maximum atomic E-state index is 14.4. The number of ether oxygens (including phenoxy) is 2. The Kier molecular flexibility index (Phi) is 10.9. The predicted molar refractivity (Wildman–Crippen MR) is 171 cm³/mol. The van der Waals surface area contributed by atoms with E-state index >= 15 is 0 Å². The van der Waals surface area contributed by atoms with E-state index < -0.39 is 34.4 Å². The standard InChI is InChI=1S/C33H34ClN3O6S/c1-35-33(39)30(21-24-10-5-4-6-11-24)36(22-25-12-9-13-26(34)20-25)32(38)23-37(29-14-7-8-15-31(29)43-3)44(40,41)28-18-16-27(42-2)17-19-28/h4-20,30H,21-23H2,1-3H3,(H,35,39). The summed E-state index contributed by atoms with van der Waals surface area (Å²) in [6, 6.07) is 27.7. The molecule has 0 fully saturated rings. The number of likely N-dealkylation sites (N-methyl/N-ethyl adjacent to an activating group) is 1. The Morgan fingerprint density at radius 3 is 2.14 bits per heavy atom. The molecule has 1 N–H and O–H groups in total. The van der Waals surface area contributed by atoms with Gasteiger partial charge in [-0.3, -0.25) is 13.9 Å². The Hall–Kier alpha value is -4.54. The minimum Gasteiger partial charge on any atom is -0.497 e. The van der Waals surface area contributed by atoms with Crippen LogP contribution in [0.5, 0.6) is 11.5 Å². The quantitative estimate of drug-likeness (QED) is 0.223. The summed E-state index contributed by atoms with van der Waals surface area (Å²) >= 11 is 6.26. The summed E-state index contributed by atoms with van der Waals surface area (Å²) in [6.07, 6.45) is 0.201. The number of para-hydroxylation sites is 2. The van der Waals surface area contributed by atoms with Crippen molar-refractivity contribution in [3.63, 3.8) is 0 Å². The van der Waals surface area contributed by atoms with E-state index in [4.69, 9.17) is 21.1 Å². The van der Waals surface area contributed by atoms with Gasteiger partial charge in [-0.1, -0.05) is 66.2 Å². The van der Waals surface area contributed by atoms with Gasteiger partial charge in [-0.05, 0) is 59.7 Å². The van der Waals surface area contributed by atoms with Gasteiger partial charge in [-0.15, -0.1) is 0 Å². The van der Waals surface area contributed by atoms with Crippen LogP contribution in [-0.2, 0) is 32.6 Å². The fourth-order valence-electron chi connectivity index (χ4n) is 4.78. The summed E-state index contributed by atoms with van der Waals surface area (Å²) in [5, 5.41) is 3.13. The third-order valence-electron chi connectivity index (χ3n) is 7.04. The molecule has 0 aromatic heterocycles. The van der Waals surface area contributed by atoms with Crippen molar-refractivity contribution in [3.05, 3.63) is 119 Å². The number of rotatable bonds is 13. The van der Waals surface area contributed by atoms with Gasteiger partial charge >= 0.3 is 0 Å². The Bertz CT molecular complexity index is 1680. The Labute approximate surface area is 263 Å². The number of sulfonamides is 1. The topological polar surface area (TPSA) is 105 Å². The molecular weight excluding hydrogens is 602 g/mol. The van der Waals surface area contributed by atoms with Crippen molar-refractivity contribution in [2.75, 3.05) is 32.1 Å². The minimum atomic E-state index is -4.30. The normalized spacial score (nSPS) is 11.7. The summed E-state index contributed by atoms with van der Waals surface area (Å²) in [7, 11) is 0.101. The van der Waals surface area contributed by atoms with Gasteiger partial charge in [0.05, 0.1) is 24.8 Å². The summed E-state index contributed by atoms with van der Waals surface area (Å²) in [4.78, 5) is 29.1. The molecule has 11 heteroatoms. The number of nitrogens with zero attached hydrogens (tertiary/aromatic N) is 2. The molecule has 0 aliphatic carbocycles. The van der Waals surface area contributed by atoms with Crippen molar-refractivity contribution in [1.29, 1.82) is 0 Å². The number of hydrogen-bond donors (Lipinski definition) is 1. The molecular formula is C33H34ClN3O6S. The molecule has 230 valence electrons. The van der Waals surface area contributed by atoms with Crippen LogP contribution in [0.3, 0.4) is 0 Å². The molecule has 0 bridgehead atoms. The summed E-state index contributed by atoms with van der Waals surface area (Å²) in [5.41, 5.74) is 1.67. The number of nitrogens with one attached hydrogen (secondary N) is 1. The van der Waals surface area contributed by atoms with E-state index in [-0.39, 0.29) is 29.3 Å². The average molecular weight is 636 g/mol. The number of carbonyl (C=O) groups excluding carboxylic acids is 2. The van der Waals surface area contributed by atoms with Gasteiger partial charge < -0.3 is 19.7 Å². The zero-order chi connectivity index (χ0) is 31.7. The van der Waals surface area contributed by atoms with Crippen LogP contribution in [0.15, 0.2) is 108 Å². The van der Waals surface area contributed by atoms with Crippen LogP contribution in [0.4, 0.5) is 5.69 Å².